The van der Waals surface area contributed by atoms with Gasteiger partial charge >= 0.3 is 0 Å². The monoisotopic (exact) mass is 526 g/mol. The second-order valence-corrected chi connectivity index (χ2v) is 6.59. The molecular formula is C21H27IN4O4. The van der Waals surface area contributed by atoms with Crippen LogP contribution < -0.4 is 25.8 Å². The first-order chi connectivity index (χ1) is 14.1. The number of halogens is 1. The van der Waals surface area contributed by atoms with E-state index in [2.05, 4.69) is 15.6 Å². The molecule has 1 aliphatic heterocycles. The molecule has 3 rings (SSSR count). The summed E-state index contributed by atoms with van der Waals surface area (Å²) >= 11 is 0. The zero-order chi connectivity index (χ0) is 20.6. The Hall–Kier alpha value is -2.53. The van der Waals surface area contributed by atoms with E-state index in [9.17, 15) is 4.79 Å². The fraction of sp³-hybridized carbons (Fsp3) is 0.333. The molecule has 4 N–H and O–H groups in total. The molecule has 0 bridgehead atoms. The third-order valence-electron chi connectivity index (χ3n) is 4.50. The second kappa shape index (κ2) is 11.6. The van der Waals surface area contributed by atoms with Gasteiger partial charge in [-0.05, 0) is 42.7 Å². The molecule has 8 nitrogen and oxygen atoms in total. The molecule has 1 amide bonds. The van der Waals surface area contributed by atoms with E-state index in [1.807, 2.05) is 30.3 Å². The number of rotatable bonds is 7. The van der Waals surface area contributed by atoms with Crippen LogP contribution in [0.5, 0.6) is 11.5 Å². The quantitative estimate of drug-likeness (QED) is 0.290. The van der Waals surface area contributed by atoms with Gasteiger partial charge in [-0.1, -0.05) is 12.1 Å². The predicted molar refractivity (Wildman–Crippen MR) is 128 cm³/mol. The molecule has 1 atom stereocenters. The van der Waals surface area contributed by atoms with Crippen molar-refractivity contribution in [2.75, 3.05) is 31.5 Å². The molecule has 1 fully saturated rings. The van der Waals surface area contributed by atoms with E-state index in [1.54, 1.807) is 26.4 Å². The first-order valence-corrected chi connectivity index (χ1v) is 9.39. The van der Waals surface area contributed by atoms with Crippen LogP contribution in [0.25, 0.3) is 0 Å². The van der Waals surface area contributed by atoms with Gasteiger partial charge in [-0.15, -0.1) is 24.0 Å². The molecular weight excluding hydrogens is 499 g/mol. The Morgan fingerprint density at radius 1 is 1.13 bits per heavy atom. The number of nitrogens with one attached hydrogen (secondary N) is 2. The summed E-state index contributed by atoms with van der Waals surface area (Å²) in [6.07, 6.45) is 1.31. The van der Waals surface area contributed by atoms with E-state index < -0.39 is 0 Å². The van der Waals surface area contributed by atoms with Crippen molar-refractivity contribution in [3.8, 4) is 11.5 Å². The Bertz CT molecular complexity index is 885. The second-order valence-electron chi connectivity index (χ2n) is 6.59. The van der Waals surface area contributed by atoms with Gasteiger partial charge in [0.15, 0.2) is 17.5 Å². The number of hydrogen-bond donors (Lipinski definition) is 3. The van der Waals surface area contributed by atoms with Crippen molar-refractivity contribution in [2.24, 2.45) is 10.7 Å². The molecule has 162 valence electrons. The molecule has 1 aliphatic rings. The maximum Gasteiger partial charge on any atom is 0.253 e. The number of aliphatic imine (C=N–C) groups is 1. The molecule has 30 heavy (non-hydrogen) atoms. The summed E-state index contributed by atoms with van der Waals surface area (Å²) in [7, 11) is 3.15. The molecule has 1 saturated heterocycles. The highest BCUT2D eigenvalue weighted by Crippen LogP contribution is 2.29. The standard InChI is InChI=1S/C21H26N4O4.HI/c1-27-17-9-8-16(12-19(17)28-2)25-21(22)23-13-14-5-3-6-15(11-14)24-20(26)18-7-4-10-29-18;/h3,5-6,8-9,11-12,18H,4,7,10,13H2,1-2H3,(H,24,26)(H3,22,23,25);1H. The summed E-state index contributed by atoms with van der Waals surface area (Å²) in [5, 5.41) is 5.92. The van der Waals surface area contributed by atoms with Crippen molar-refractivity contribution in [1.29, 1.82) is 0 Å². The summed E-state index contributed by atoms with van der Waals surface area (Å²) in [5.74, 6) is 1.39. The highest BCUT2D eigenvalue weighted by atomic mass is 127. The molecule has 2 aromatic rings. The van der Waals surface area contributed by atoms with Gasteiger partial charge in [0.1, 0.15) is 6.10 Å². The average molecular weight is 526 g/mol. The van der Waals surface area contributed by atoms with Gasteiger partial charge in [0.25, 0.3) is 5.91 Å². The third kappa shape index (κ3) is 6.49. The molecule has 0 radical (unpaired) electrons. The zero-order valence-electron chi connectivity index (χ0n) is 17.0. The van der Waals surface area contributed by atoms with E-state index in [0.29, 0.717) is 30.3 Å². The van der Waals surface area contributed by atoms with Crippen LogP contribution in [0.4, 0.5) is 11.4 Å². The van der Waals surface area contributed by atoms with Gasteiger partial charge in [0, 0.05) is 24.0 Å². The molecule has 2 aromatic carbocycles. The van der Waals surface area contributed by atoms with Crippen molar-refractivity contribution >= 4 is 47.2 Å². The first kappa shape index (κ1) is 23.7. The topological polar surface area (TPSA) is 107 Å². The van der Waals surface area contributed by atoms with Gasteiger partial charge in [-0.2, -0.15) is 0 Å². The number of benzene rings is 2. The van der Waals surface area contributed by atoms with Crippen LogP contribution in [0.2, 0.25) is 0 Å². The summed E-state index contributed by atoms with van der Waals surface area (Å²) < 4.78 is 15.9. The van der Waals surface area contributed by atoms with Crippen LogP contribution in [0, 0.1) is 0 Å². The Balaban J connectivity index is 0.00000320. The van der Waals surface area contributed by atoms with E-state index in [-0.39, 0.29) is 41.9 Å². The van der Waals surface area contributed by atoms with E-state index in [1.165, 1.54) is 0 Å². The Morgan fingerprint density at radius 2 is 1.90 bits per heavy atom. The number of methoxy groups -OCH3 is 2. The summed E-state index contributed by atoms with van der Waals surface area (Å²) in [6, 6.07) is 12.9. The Kier molecular flexibility index (Phi) is 9.18. The van der Waals surface area contributed by atoms with Crippen LogP contribution in [0.1, 0.15) is 18.4 Å². The number of hydrogen-bond acceptors (Lipinski definition) is 5. The van der Waals surface area contributed by atoms with E-state index in [4.69, 9.17) is 19.9 Å². The maximum absolute atomic E-state index is 12.2. The van der Waals surface area contributed by atoms with Crippen LogP contribution >= 0.6 is 24.0 Å². The van der Waals surface area contributed by atoms with E-state index >= 15 is 0 Å². The highest BCUT2D eigenvalue weighted by Gasteiger charge is 2.23. The number of carbonyl (C=O) groups is 1. The highest BCUT2D eigenvalue weighted by molar-refractivity contribution is 14.0. The van der Waals surface area contributed by atoms with Crippen molar-refractivity contribution in [3.05, 3.63) is 48.0 Å². The largest absolute Gasteiger partial charge is 0.493 e. The van der Waals surface area contributed by atoms with Crippen molar-refractivity contribution in [2.45, 2.75) is 25.5 Å². The number of guanidine groups is 1. The van der Waals surface area contributed by atoms with Gasteiger partial charge < -0.3 is 30.6 Å². The van der Waals surface area contributed by atoms with Gasteiger partial charge in [-0.25, -0.2) is 4.99 Å². The normalized spacial score (nSPS) is 15.8. The van der Waals surface area contributed by atoms with Gasteiger partial charge in [0.05, 0.1) is 20.8 Å². The lowest BCUT2D eigenvalue weighted by Gasteiger charge is -2.12. The lowest BCUT2D eigenvalue weighted by molar-refractivity contribution is -0.124. The van der Waals surface area contributed by atoms with Crippen molar-refractivity contribution in [1.82, 2.24) is 0 Å². The molecule has 1 unspecified atom stereocenters. The first-order valence-electron chi connectivity index (χ1n) is 9.39. The van der Waals surface area contributed by atoms with Crippen LogP contribution in [0.15, 0.2) is 47.5 Å². The molecule has 0 spiro atoms. The number of carbonyl (C=O) groups excluding carboxylic acids is 1. The van der Waals surface area contributed by atoms with Crippen LogP contribution in [-0.2, 0) is 16.1 Å². The number of nitrogens with two attached hydrogens (primary N) is 1. The van der Waals surface area contributed by atoms with Gasteiger partial charge in [0.2, 0.25) is 0 Å². The number of ether oxygens (including phenoxy) is 3. The third-order valence-corrected chi connectivity index (χ3v) is 4.50. The summed E-state index contributed by atoms with van der Waals surface area (Å²) in [4.78, 5) is 16.5. The van der Waals surface area contributed by atoms with Gasteiger partial charge in [-0.3, -0.25) is 4.79 Å². The molecule has 0 aromatic heterocycles. The smallest absolute Gasteiger partial charge is 0.253 e. The zero-order valence-corrected chi connectivity index (χ0v) is 19.3. The summed E-state index contributed by atoms with van der Waals surface area (Å²) in [6.45, 7) is 1.01. The van der Waals surface area contributed by atoms with Crippen LogP contribution in [0.3, 0.4) is 0 Å². The van der Waals surface area contributed by atoms with Crippen molar-refractivity contribution < 1.29 is 19.0 Å². The summed E-state index contributed by atoms with van der Waals surface area (Å²) in [5.41, 5.74) is 8.37. The number of anilines is 2. The Morgan fingerprint density at radius 3 is 2.60 bits per heavy atom. The fourth-order valence-corrected chi connectivity index (χ4v) is 3.03. The minimum Gasteiger partial charge on any atom is -0.493 e. The molecule has 1 heterocycles. The number of amides is 1. The van der Waals surface area contributed by atoms with Crippen molar-refractivity contribution in [3.63, 3.8) is 0 Å². The predicted octanol–water partition coefficient (Wildman–Crippen LogP) is 3.37. The number of nitrogens with zero attached hydrogens (tertiary/aromatic N) is 1. The minimum atomic E-state index is -0.363. The molecule has 9 heteroatoms. The fourth-order valence-electron chi connectivity index (χ4n) is 3.03. The molecule has 0 aliphatic carbocycles. The maximum atomic E-state index is 12.2. The van der Waals surface area contributed by atoms with Crippen LogP contribution in [-0.4, -0.2) is 38.8 Å². The average Bonchev–Trinajstić information content (AvgIpc) is 3.27. The Labute approximate surface area is 193 Å². The lowest BCUT2D eigenvalue weighted by Crippen LogP contribution is -2.26. The molecule has 0 saturated carbocycles. The minimum absolute atomic E-state index is 0. The lowest BCUT2D eigenvalue weighted by atomic mass is 10.2. The SMILES string of the molecule is COc1ccc(NC(N)=NCc2cccc(NC(=O)C3CCCO3)c2)cc1OC.I. The van der Waals surface area contributed by atoms with E-state index in [0.717, 1.165) is 24.1 Å².